The lowest BCUT2D eigenvalue weighted by atomic mass is 9.98. The molecule has 0 saturated heterocycles. The van der Waals surface area contributed by atoms with Crippen LogP contribution in [0.3, 0.4) is 0 Å². The maximum Gasteiger partial charge on any atom is 0.238 e. The first-order chi connectivity index (χ1) is 20.3. The SMILES string of the molecule is C1=CC2C(N3c4ccccc4N(c4nc(-c5ccccc5)nc(-c5ccccc5)n4)c4ccccc43)=CC=NC2=N1. The first-order valence-electron chi connectivity index (χ1n) is 13.5. The summed E-state index contributed by atoms with van der Waals surface area (Å²) in [4.78, 5) is 28.5. The van der Waals surface area contributed by atoms with Crippen molar-refractivity contribution in [2.45, 2.75) is 0 Å². The van der Waals surface area contributed by atoms with Gasteiger partial charge < -0.3 is 4.90 Å². The molecule has 0 bridgehead atoms. The Hall–Kier alpha value is -5.69. The summed E-state index contributed by atoms with van der Waals surface area (Å²) in [5.74, 6) is 2.58. The van der Waals surface area contributed by atoms with Crippen LogP contribution >= 0.6 is 0 Å². The fourth-order valence-electron chi connectivity index (χ4n) is 5.56. The largest absolute Gasteiger partial charge is 0.309 e. The predicted molar refractivity (Wildman–Crippen MR) is 164 cm³/mol. The standard InChI is InChI=1S/C34H23N7/c1-3-11-23(12-4-1)31-37-32(24-13-5-2-6-14-24)39-34(38-31)41-29-17-9-7-15-27(29)40(28-16-8-10-18-30(28)41)26-20-22-36-33-25(26)19-21-35-33/h1-22,25H. The fourth-order valence-corrected chi connectivity index (χ4v) is 5.56. The van der Waals surface area contributed by atoms with Crippen LogP contribution in [0.25, 0.3) is 22.8 Å². The van der Waals surface area contributed by atoms with Gasteiger partial charge in [0.1, 0.15) is 5.84 Å². The number of aromatic nitrogens is 3. The topological polar surface area (TPSA) is 69.9 Å². The first-order valence-corrected chi connectivity index (χ1v) is 13.5. The second-order valence-electron chi connectivity index (χ2n) is 9.84. The van der Waals surface area contributed by atoms with Gasteiger partial charge in [0.2, 0.25) is 5.95 Å². The van der Waals surface area contributed by atoms with Crippen molar-refractivity contribution in [2.75, 3.05) is 9.80 Å². The van der Waals surface area contributed by atoms with E-state index < -0.39 is 0 Å². The zero-order chi connectivity index (χ0) is 27.2. The minimum absolute atomic E-state index is 0.0146. The van der Waals surface area contributed by atoms with E-state index in [0.29, 0.717) is 17.6 Å². The van der Waals surface area contributed by atoms with Gasteiger partial charge in [0.15, 0.2) is 11.6 Å². The molecule has 0 amide bonds. The molecule has 0 spiro atoms. The molecule has 0 N–H and O–H groups in total. The third-order valence-electron chi connectivity index (χ3n) is 7.41. The Morgan fingerprint density at radius 1 is 0.537 bits per heavy atom. The summed E-state index contributed by atoms with van der Waals surface area (Å²) in [5, 5.41) is 0. The summed E-state index contributed by atoms with van der Waals surface area (Å²) >= 11 is 0. The van der Waals surface area contributed by atoms with Gasteiger partial charge >= 0.3 is 0 Å². The lowest BCUT2D eigenvalue weighted by Gasteiger charge is -2.41. The van der Waals surface area contributed by atoms with Crippen molar-refractivity contribution in [2.24, 2.45) is 15.9 Å². The lowest BCUT2D eigenvalue weighted by Crippen LogP contribution is -2.32. The van der Waals surface area contributed by atoms with Crippen molar-refractivity contribution >= 4 is 40.7 Å². The Labute approximate surface area is 237 Å². The van der Waals surface area contributed by atoms with Gasteiger partial charge in [-0.1, -0.05) is 84.9 Å². The molecule has 3 aliphatic heterocycles. The van der Waals surface area contributed by atoms with Gasteiger partial charge in [0.05, 0.1) is 28.7 Å². The van der Waals surface area contributed by atoms with E-state index in [9.17, 15) is 0 Å². The summed E-state index contributed by atoms with van der Waals surface area (Å²) in [5.41, 5.74) is 6.95. The van der Waals surface area contributed by atoms with Crippen LogP contribution in [0.5, 0.6) is 0 Å². The number of amidine groups is 1. The van der Waals surface area contributed by atoms with Crippen LogP contribution in [-0.4, -0.2) is 27.0 Å². The van der Waals surface area contributed by atoms with Crippen LogP contribution < -0.4 is 9.80 Å². The van der Waals surface area contributed by atoms with E-state index in [2.05, 4.69) is 80.5 Å². The Balaban J connectivity index is 1.36. The molecule has 1 aromatic heterocycles. The average Bonchev–Trinajstić information content (AvgIpc) is 3.54. The number of para-hydroxylation sites is 4. The smallest absolute Gasteiger partial charge is 0.238 e. The monoisotopic (exact) mass is 529 g/mol. The van der Waals surface area contributed by atoms with Gasteiger partial charge in [-0.25, -0.2) is 15.0 Å². The molecular weight excluding hydrogens is 506 g/mol. The molecule has 194 valence electrons. The Kier molecular flexibility index (Phi) is 5.38. The van der Waals surface area contributed by atoms with Crippen LogP contribution in [0, 0.1) is 5.92 Å². The first kappa shape index (κ1) is 23.2. The number of anilines is 5. The van der Waals surface area contributed by atoms with Gasteiger partial charge in [-0.3, -0.25) is 4.90 Å². The molecule has 0 fully saturated rings. The van der Waals surface area contributed by atoms with E-state index >= 15 is 0 Å². The highest BCUT2D eigenvalue weighted by atomic mass is 15.3. The van der Waals surface area contributed by atoms with Gasteiger partial charge in [0, 0.05) is 29.2 Å². The van der Waals surface area contributed by atoms with Gasteiger partial charge in [0.25, 0.3) is 0 Å². The lowest BCUT2D eigenvalue weighted by molar-refractivity contribution is 0.938. The highest BCUT2D eigenvalue weighted by Crippen LogP contribution is 2.53. The maximum atomic E-state index is 5.06. The number of hydrogen-bond donors (Lipinski definition) is 0. The van der Waals surface area contributed by atoms with Crippen LogP contribution in [0.4, 0.5) is 28.7 Å². The molecular formula is C34H23N7. The Morgan fingerprint density at radius 2 is 1.05 bits per heavy atom. The van der Waals surface area contributed by atoms with E-state index in [1.807, 2.05) is 73.1 Å². The van der Waals surface area contributed by atoms with Crippen molar-refractivity contribution in [3.63, 3.8) is 0 Å². The van der Waals surface area contributed by atoms with E-state index in [-0.39, 0.29) is 5.92 Å². The number of rotatable bonds is 4. The van der Waals surface area contributed by atoms with Crippen molar-refractivity contribution in [1.29, 1.82) is 0 Å². The van der Waals surface area contributed by atoms with Gasteiger partial charge in [-0.05, 0) is 36.4 Å². The van der Waals surface area contributed by atoms with Crippen molar-refractivity contribution in [1.82, 2.24) is 15.0 Å². The Bertz CT molecular complexity index is 1800. The number of hydrogen-bond acceptors (Lipinski definition) is 7. The summed E-state index contributed by atoms with van der Waals surface area (Å²) in [6.45, 7) is 0. The average molecular weight is 530 g/mol. The highest BCUT2D eigenvalue weighted by Gasteiger charge is 2.36. The summed E-state index contributed by atoms with van der Waals surface area (Å²) in [6, 6.07) is 36.8. The van der Waals surface area contributed by atoms with Crippen molar-refractivity contribution in [3.05, 3.63) is 133 Å². The van der Waals surface area contributed by atoms with Crippen molar-refractivity contribution in [3.8, 4) is 22.8 Å². The molecule has 8 rings (SSSR count). The van der Waals surface area contributed by atoms with E-state index in [1.165, 1.54) is 0 Å². The van der Waals surface area contributed by atoms with Crippen LogP contribution in [0.15, 0.2) is 143 Å². The highest BCUT2D eigenvalue weighted by molar-refractivity contribution is 6.06. The number of nitrogens with zero attached hydrogens (tertiary/aromatic N) is 7. The molecule has 0 aliphatic carbocycles. The molecule has 1 unspecified atom stereocenters. The molecule has 1 atom stereocenters. The summed E-state index contributed by atoms with van der Waals surface area (Å²) in [6.07, 6.45) is 7.84. The zero-order valence-corrected chi connectivity index (χ0v) is 21.9. The molecule has 4 aromatic carbocycles. The molecule has 41 heavy (non-hydrogen) atoms. The molecule has 0 radical (unpaired) electrons. The summed E-state index contributed by atoms with van der Waals surface area (Å²) < 4.78 is 0. The number of dihydropyridines is 1. The van der Waals surface area contributed by atoms with E-state index in [0.717, 1.165) is 45.4 Å². The number of benzene rings is 4. The van der Waals surface area contributed by atoms with Crippen molar-refractivity contribution < 1.29 is 0 Å². The molecule has 7 nitrogen and oxygen atoms in total. The minimum atomic E-state index is -0.0146. The second kappa shape index (κ2) is 9.50. The van der Waals surface area contributed by atoms with E-state index in [4.69, 9.17) is 15.0 Å². The fraction of sp³-hybridized carbons (Fsp3) is 0.0294. The molecule has 7 heteroatoms. The molecule has 4 heterocycles. The Morgan fingerprint density at radius 3 is 1.61 bits per heavy atom. The van der Waals surface area contributed by atoms with Gasteiger partial charge in [-0.2, -0.15) is 9.97 Å². The predicted octanol–water partition coefficient (Wildman–Crippen LogP) is 7.64. The quantitative estimate of drug-likeness (QED) is 0.239. The van der Waals surface area contributed by atoms with Gasteiger partial charge in [-0.15, -0.1) is 0 Å². The normalized spacial score (nSPS) is 16.5. The second-order valence-corrected chi connectivity index (χ2v) is 9.84. The zero-order valence-electron chi connectivity index (χ0n) is 21.9. The molecule has 3 aliphatic rings. The van der Waals surface area contributed by atoms with Crippen LogP contribution in [-0.2, 0) is 0 Å². The number of fused-ring (bicyclic) bond motifs is 3. The maximum absolute atomic E-state index is 5.06. The summed E-state index contributed by atoms with van der Waals surface area (Å²) in [7, 11) is 0. The molecule has 5 aromatic rings. The third kappa shape index (κ3) is 3.86. The van der Waals surface area contributed by atoms with Crippen LogP contribution in [0.2, 0.25) is 0 Å². The number of allylic oxidation sites excluding steroid dienone is 1. The van der Waals surface area contributed by atoms with E-state index in [1.54, 1.807) is 0 Å². The molecule has 0 saturated carbocycles. The minimum Gasteiger partial charge on any atom is -0.309 e. The third-order valence-corrected chi connectivity index (χ3v) is 7.41. The number of aliphatic imine (C=N–C) groups is 2. The van der Waals surface area contributed by atoms with Crippen LogP contribution in [0.1, 0.15) is 0 Å².